The molecule has 0 unspecified atom stereocenters. The first-order valence-corrected chi connectivity index (χ1v) is 32.9. The molecule has 11 rings (SSSR count). The molecule has 0 aliphatic rings. The van der Waals surface area contributed by atoms with E-state index in [1.807, 2.05) is 66.7 Å². The van der Waals surface area contributed by atoms with Crippen molar-refractivity contribution in [1.82, 2.24) is 0 Å². The van der Waals surface area contributed by atoms with Crippen molar-refractivity contribution in [2.24, 2.45) is 5.73 Å². The molecular formula is C85H73Br2F4NO8. The molecule has 11 aromatic carbocycles. The van der Waals surface area contributed by atoms with Crippen molar-refractivity contribution in [3.63, 3.8) is 0 Å². The molecule has 100 heavy (non-hydrogen) atoms. The maximum Gasteiger partial charge on any atom is 0.188 e. The third kappa shape index (κ3) is 27.7. The van der Waals surface area contributed by atoms with Gasteiger partial charge >= 0.3 is 0 Å². The molecule has 0 saturated carbocycles. The maximum absolute atomic E-state index is 14.3. The van der Waals surface area contributed by atoms with E-state index in [1.54, 1.807) is 171 Å². The smallest absolute Gasteiger partial charge is 0.188 e. The molecule has 0 amide bonds. The largest absolute Gasteiger partial charge is 0.508 e. The molecule has 0 saturated heterocycles. The summed E-state index contributed by atoms with van der Waals surface area (Å²) in [5, 5.41) is 57.1. The van der Waals surface area contributed by atoms with Gasteiger partial charge in [0.15, 0.2) is 6.79 Å². The molecule has 15 heteroatoms. The number of halogens is 6. The number of phenolic OH excluding ortho intramolecular Hbond substituents is 6. The van der Waals surface area contributed by atoms with Crippen LogP contribution in [0, 0.1) is 59.3 Å². The molecule has 0 aliphatic heterocycles. The van der Waals surface area contributed by atoms with Crippen LogP contribution in [0.15, 0.2) is 252 Å². The number of methoxy groups -OCH3 is 1. The van der Waals surface area contributed by atoms with E-state index >= 15 is 0 Å². The molecule has 8 N–H and O–H groups in total. The molecular weight excluding hydrogens is 1400 g/mol. The van der Waals surface area contributed by atoms with Crippen LogP contribution in [-0.4, -0.2) is 51.1 Å². The predicted molar refractivity (Wildman–Crippen MR) is 400 cm³/mol. The second kappa shape index (κ2) is 42.5. The number of aromatic hydroxyl groups is 6. The van der Waals surface area contributed by atoms with Crippen LogP contribution in [0.3, 0.4) is 0 Å². The zero-order valence-corrected chi connectivity index (χ0v) is 57.9. The first kappa shape index (κ1) is 77.8. The van der Waals surface area contributed by atoms with E-state index in [1.165, 1.54) is 36.4 Å². The SMILES string of the molecule is C#Cc1cccc(OCOC)c1.CCCN.Fc1cccc(Br)c1Br.Oc1cccc(/C=C\c2cccc(F)c2/C=C\c2cccc(O)c2)c1.Oc1cccc(C#Cc2cccc(F)c2C#Cc2cccc(O)c2)c1.Oc1cccc(CCc2cccc(F)c2CCc2cccc(O)c2)c1. The summed E-state index contributed by atoms with van der Waals surface area (Å²) in [6.07, 6.45) is 16.1. The van der Waals surface area contributed by atoms with Crippen molar-refractivity contribution < 1.29 is 57.7 Å². The van der Waals surface area contributed by atoms with Gasteiger partial charge in [0.25, 0.3) is 0 Å². The van der Waals surface area contributed by atoms with E-state index in [2.05, 4.69) is 68.4 Å². The van der Waals surface area contributed by atoms with E-state index in [-0.39, 0.29) is 64.3 Å². The molecule has 0 radical (unpaired) electrons. The fourth-order valence-electron chi connectivity index (χ4n) is 9.06. The van der Waals surface area contributed by atoms with Crippen LogP contribution in [-0.2, 0) is 30.4 Å². The summed E-state index contributed by atoms with van der Waals surface area (Å²) in [4.78, 5) is 0. The topological polar surface area (TPSA) is 166 Å². The Morgan fingerprint density at radius 2 is 0.920 bits per heavy atom. The molecule has 0 spiro atoms. The van der Waals surface area contributed by atoms with Crippen LogP contribution in [0.25, 0.3) is 24.3 Å². The van der Waals surface area contributed by atoms with Gasteiger partial charge < -0.3 is 45.8 Å². The van der Waals surface area contributed by atoms with Crippen LogP contribution in [0.1, 0.15) is 85.7 Å². The van der Waals surface area contributed by atoms with Crippen LogP contribution in [0.2, 0.25) is 0 Å². The van der Waals surface area contributed by atoms with Crippen molar-refractivity contribution in [3.05, 3.63) is 347 Å². The lowest BCUT2D eigenvalue weighted by molar-refractivity contribution is 0.0511. The molecule has 0 heterocycles. The number of phenols is 6. The normalized spacial score (nSPS) is 10.2. The van der Waals surface area contributed by atoms with Gasteiger partial charge in [-0.15, -0.1) is 6.42 Å². The monoisotopic (exact) mass is 1470 g/mol. The number of terminal acetylenes is 1. The first-order valence-electron chi connectivity index (χ1n) is 31.3. The zero-order valence-electron chi connectivity index (χ0n) is 54.8. The lowest BCUT2D eigenvalue weighted by Crippen LogP contribution is -2.02. The summed E-state index contributed by atoms with van der Waals surface area (Å²) in [6.45, 7) is 3.12. The van der Waals surface area contributed by atoms with E-state index in [4.69, 9.17) is 21.6 Å². The Balaban J connectivity index is 0.000000202. The number of rotatable bonds is 14. The molecule has 0 aliphatic carbocycles. The van der Waals surface area contributed by atoms with Crippen LogP contribution >= 0.6 is 31.9 Å². The maximum atomic E-state index is 14.3. The molecule has 0 atom stereocenters. The van der Waals surface area contributed by atoms with Crippen molar-refractivity contribution in [3.8, 4) is 76.3 Å². The summed E-state index contributed by atoms with van der Waals surface area (Å²) in [6, 6.07) is 67.6. The average molecular weight is 1470 g/mol. The quantitative estimate of drug-likeness (QED) is 0.0184. The standard InChI is InChI=1S/C22H21FO2.C22H17FO2.C22H13FO2.C10H10O2.C6H3Br2F.C3H9N/c3*23-22-9-3-6-18(12-10-16-4-1-7-19(24)14-16)21(22)13-11-17-5-2-8-20(25)15-17;1-3-9-5-4-6-10(7-9)12-8-11-2;7-4-2-1-3-5(9)6(4)8;1-2-3-4/h1-9,14-15,24-25H,10-13H2;1-15,24-25H;1-9,14-15,24-25H;1,4-7H,8H2,2H3;1-3H;2-4H2,1H3/b;12-10-,13-11-;;;;. The lowest BCUT2D eigenvalue weighted by Gasteiger charge is -2.11. The Bertz CT molecular complexity index is 4660. The van der Waals surface area contributed by atoms with Crippen molar-refractivity contribution in [2.45, 2.75) is 39.0 Å². The fraction of sp³-hybridized carbons (Fsp3) is 0.106. The molecule has 11 aromatic rings. The highest BCUT2D eigenvalue weighted by Crippen LogP contribution is 2.27. The minimum absolute atomic E-state index is 0.101. The third-order valence-corrected chi connectivity index (χ3v) is 16.0. The number of hydrogen-bond donors (Lipinski definition) is 7. The molecule has 9 nitrogen and oxygen atoms in total. The Morgan fingerprint density at radius 3 is 1.47 bits per heavy atom. The number of hydrogen-bond acceptors (Lipinski definition) is 9. The number of ether oxygens (including phenoxy) is 2. The third-order valence-electron chi connectivity index (χ3n) is 14.0. The number of nitrogens with two attached hydrogens (primary N) is 1. The van der Waals surface area contributed by atoms with E-state index in [0.29, 0.717) is 39.6 Å². The van der Waals surface area contributed by atoms with Gasteiger partial charge in [-0.2, -0.15) is 0 Å². The van der Waals surface area contributed by atoms with E-state index in [9.17, 15) is 48.2 Å². The molecule has 508 valence electrons. The summed E-state index contributed by atoms with van der Waals surface area (Å²) < 4.78 is 66.4. The minimum atomic E-state index is -0.463. The average Bonchev–Trinajstić information content (AvgIpc) is 0.883. The van der Waals surface area contributed by atoms with Gasteiger partial charge in [-0.05, 0) is 249 Å². The Kier molecular flexibility index (Phi) is 33.0. The van der Waals surface area contributed by atoms with Gasteiger partial charge in [0.1, 0.15) is 63.5 Å². The van der Waals surface area contributed by atoms with E-state index < -0.39 is 5.82 Å². The number of aryl methyl sites for hydroxylation is 3. The Hall–Kier alpha value is -11.2. The lowest BCUT2D eigenvalue weighted by atomic mass is 9.95. The summed E-state index contributed by atoms with van der Waals surface area (Å²) in [7, 11) is 1.57. The Labute approximate surface area is 598 Å². The van der Waals surface area contributed by atoms with E-state index in [0.717, 1.165) is 80.5 Å². The van der Waals surface area contributed by atoms with Crippen molar-refractivity contribution in [2.75, 3.05) is 20.4 Å². The van der Waals surface area contributed by atoms with Gasteiger partial charge in [0.05, 0.1) is 10.0 Å². The first-order chi connectivity index (χ1) is 48.3. The minimum Gasteiger partial charge on any atom is -0.508 e. The van der Waals surface area contributed by atoms with Gasteiger partial charge in [-0.3, -0.25) is 0 Å². The zero-order chi connectivity index (χ0) is 72.0. The van der Waals surface area contributed by atoms with Crippen LogP contribution < -0.4 is 10.5 Å². The highest BCUT2D eigenvalue weighted by atomic mass is 79.9. The Morgan fingerprint density at radius 1 is 0.450 bits per heavy atom. The number of benzene rings is 11. The fourth-order valence-corrected chi connectivity index (χ4v) is 9.67. The summed E-state index contributed by atoms with van der Waals surface area (Å²) in [5.41, 5.74) is 14.2. The van der Waals surface area contributed by atoms with Crippen LogP contribution in [0.5, 0.6) is 40.2 Å². The van der Waals surface area contributed by atoms with Gasteiger partial charge in [-0.25, -0.2) is 17.6 Å². The summed E-state index contributed by atoms with van der Waals surface area (Å²) >= 11 is 6.22. The van der Waals surface area contributed by atoms with Crippen molar-refractivity contribution in [1.29, 1.82) is 0 Å². The van der Waals surface area contributed by atoms with Crippen LogP contribution in [0.4, 0.5) is 17.6 Å². The second-order valence-corrected chi connectivity index (χ2v) is 23.3. The summed E-state index contributed by atoms with van der Waals surface area (Å²) in [5.74, 6) is 14.5. The van der Waals surface area contributed by atoms with Crippen molar-refractivity contribution >= 4 is 56.2 Å². The second-order valence-electron chi connectivity index (χ2n) is 21.6. The highest BCUT2D eigenvalue weighted by molar-refractivity contribution is 9.13. The molecule has 0 fully saturated rings. The predicted octanol–water partition coefficient (Wildman–Crippen LogP) is 19.8. The van der Waals surface area contributed by atoms with Gasteiger partial charge in [0, 0.05) is 39.4 Å². The van der Waals surface area contributed by atoms with Gasteiger partial charge in [0.2, 0.25) is 0 Å². The molecule has 0 bridgehead atoms. The van der Waals surface area contributed by atoms with Gasteiger partial charge in [-0.1, -0.05) is 164 Å². The molecule has 0 aromatic heterocycles. The highest BCUT2D eigenvalue weighted by Gasteiger charge is 2.11.